The third kappa shape index (κ3) is 2.76. The first-order chi connectivity index (χ1) is 10.5. The lowest BCUT2D eigenvalue weighted by molar-refractivity contribution is 0.142. The third-order valence-corrected chi connectivity index (χ3v) is 3.73. The van der Waals surface area contributed by atoms with Crippen LogP contribution in [0, 0.1) is 11.6 Å². The van der Waals surface area contributed by atoms with Gasteiger partial charge in [-0.3, -0.25) is 4.98 Å². The summed E-state index contributed by atoms with van der Waals surface area (Å²) in [5, 5.41) is 12.1. The minimum atomic E-state index is -0.980. The van der Waals surface area contributed by atoms with E-state index in [1.807, 2.05) is 0 Å². The van der Waals surface area contributed by atoms with Gasteiger partial charge in [0.1, 0.15) is 5.82 Å². The van der Waals surface area contributed by atoms with Gasteiger partial charge in [-0.25, -0.2) is 18.6 Å². The predicted octanol–water partition coefficient (Wildman–Crippen LogP) is 2.46. The number of carboxylic acid groups (broad SMARTS) is 1. The lowest BCUT2D eigenvalue weighted by Gasteiger charge is -2.21. The first-order valence-electron chi connectivity index (χ1n) is 6.90. The number of carbonyl (C=O) groups is 1. The molecule has 116 valence electrons. The van der Waals surface area contributed by atoms with Crippen molar-refractivity contribution in [2.24, 2.45) is 0 Å². The summed E-state index contributed by atoms with van der Waals surface area (Å²) in [7, 11) is 0. The number of likely N-dealkylation sites (tertiary alicyclic amines) is 1. The molecule has 8 heteroatoms. The Morgan fingerprint density at radius 3 is 2.82 bits per heavy atom. The summed E-state index contributed by atoms with van der Waals surface area (Å²) in [6.45, 7) is 0.922. The second-order valence-electron chi connectivity index (χ2n) is 5.16. The second-order valence-corrected chi connectivity index (χ2v) is 5.16. The Balaban J connectivity index is 1.74. The van der Waals surface area contributed by atoms with Gasteiger partial charge < -0.3 is 15.3 Å². The fourth-order valence-corrected chi connectivity index (χ4v) is 2.62. The largest absolute Gasteiger partial charge is 0.465 e. The number of fused-ring (bicyclic) bond motifs is 1. The molecule has 1 aromatic carbocycles. The molecule has 1 unspecified atom stereocenters. The number of anilines is 1. The van der Waals surface area contributed by atoms with Crippen LogP contribution in [0.5, 0.6) is 0 Å². The summed E-state index contributed by atoms with van der Waals surface area (Å²) in [5.41, 5.74) is 0.503. The molecular weight excluding hydrogens is 294 g/mol. The SMILES string of the molecule is O=C(O)N1CCCC1CNc1cnc2cc(F)c(F)cc2n1. The topological polar surface area (TPSA) is 78.4 Å². The van der Waals surface area contributed by atoms with E-state index in [9.17, 15) is 13.6 Å². The van der Waals surface area contributed by atoms with E-state index < -0.39 is 17.7 Å². The van der Waals surface area contributed by atoms with E-state index in [0.29, 0.717) is 18.9 Å². The maximum Gasteiger partial charge on any atom is 0.407 e. The molecule has 2 aromatic rings. The fraction of sp³-hybridized carbons (Fsp3) is 0.357. The molecule has 1 aliphatic rings. The summed E-state index contributed by atoms with van der Waals surface area (Å²) < 4.78 is 26.3. The van der Waals surface area contributed by atoms with Crippen LogP contribution in [0.4, 0.5) is 19.4 Å². The van der Waals surface area contributed by atoms with Gasteiger partial charge in [-0.2, -0.15) is 0 Å². The number of nitrogens with zero attached hydrogens (tertiary/aromatic N) is 3. The lowest BCUT2D eigenvalue weighted by atomic mass is 10.2. The fourth-order valence-electron chi connectivity index (χ4n) is 2.62. The molecule has 2 N–H and O–H groups in total. The van der Waals surface area contributed by atoms with Gasteiger partial charge in [0, 0.05) is 25.2 Å². The van der Waals surface area contributed by atoms with Gasteiger partial charge in [0.25, 0.3) is 0 Å². The highest BCUT2D eigenvalue weighted by Gasteiger charge is 2.28. The minimum absolute atomic E-state index is 0.125. The van der Waals surface area contributed by atoms with E-state index in [1.54, 1.807) is 0 Å². The highest BCUT2D eigenvalue weighted by molar-refractivity contribution is 5.75. The third-order valence-electron chi connectivity index (χ3n) is 3.73. The summed E-state index contributed by atoms with van der Waals surface area (Å²) in [6, 6.07) is 1.85. The van der Waals surface area contributed by atoms with Gasteiger partial charge in [0.05, 0.1) is 23.3 Å². The highest BCUT2D eigenvalue weighted by atomic mass is 19.2. The molecule has 1 aliphatic heterocycles. The first kappa shape index (κ1) is 14.4. The van der Waals surface area contributed by atoms with E-state index in [2.05, 4.69) is 15.3 Å². The van der Waals surface area contributed by atoms with Crippen molar-refractivity contribution in [2.45, 2.75) is 18.9 Å². The highest BCUT2D eigenvalue weighted by Crippen LogP contribution is 2.19. The molecule has 0 spiro atoms. The van der Waals surface area contributed by atoms with Crippen LogP contribution in [0.25, 0.3) is 11.0 Å². The molecule has 1 fully saturated rings. The van der Waals surface area contributed by atoms with Crippen molar-refractivity contribution >= 4 is 22.9 Å². The van der Waals surface area contributed by atoms with Crippen LogP contribution in [0.15, 0.2) is 18.3 Å². The molecule has 0 radical (unpaired) electrons. The van der Waals surface area contributed by atoms with Gasteiger partial charge in [-0.1, -0.05) is 0 Å². The Hall–Kier alpha value is -2.51. The summed E-state index contributed by atoms with van der Waals surface area (Å²) in [5.74, 6) is -1.55. The Labute approximate surface area is 124 Å². The van der Waals surface area contributed by atoms with E-state index in [-0.39, 0.29) is 17.1 Å². The summed E-state index contributed by atoms with van der Waals surface area (Å²) in [4.78, 5) is 20.6. The van der Waals surface area contributed by atoms with Crippen molar-refractivity contribution in [2.75, 3.05) is 18.4 Å². The molecule has 2 heterocycles. The van der Waals surface area contributed by atoms with Crippen molar-refractivity contribution in [3.05, 3.63) is 30.0 Å². The van der Waals surface area contributed by atoms with Gasteiger partial charge in [-0.05, 0) is 12.8 Å². The Morgan fingerprint density at radius 2 is 2.09 bits per heavy atom. The van der Waals surface area contributed by atoms with E-state index in [1.165, 1.54) is 11.1 Å². The normalized spacial score (nSPS) is 17.9. The van der Waals surface area contributed by atoms with Crippen LogP contribution in [0.1, 0.15) is 12.8 Å². The van der Waals surface area contributed by atoms with Gasteiger partial charge in [0.15, 0.2) is 11.6 Å². The molecule has 0 saturated carbocycles. The van der Waals surface area contributed by atoms with Crippen molar-refractivity contribution in [1.82, 2.24) is 14.9 Å². The van der Waals surface area contributed by atoms with Gasteiger partial charge >= 0.3 is 6.09 Å². The number of hydrogen-bond acceptors (Lipinski definition) is 4. The molecule has 6 nitrogen and oxygen atoms in total. The van der Waals surface area contributed by atoms with Gasteiger partial charge in [0.2, 0.25) is 0 Å². The van der Waals surface area contributed by atoms with Crippen LogP contribution in [-0.4, -0.2) is 45.2 Å². The Morgan fingerprint density at radius 1 is 1.36 bits per heavy atom. The Bertz CT molecular complexity index is 725. The van der Waals surface area contributed by atoms with Crippen LogP contribution in [-0.2, 0) is 0 Å². The molecule has 1 saturated heterocycles. The first-order valence-corrected chi connectivity index (χ1v) is 6.90. The average Bonchev–Trinajstić information content (AvgIpc) is 2.95. The van der Waals surface area contributed by atoms with E-state index in [0.717, 1.165) is 25.0 Å². The molecule has 1 amide bonds. The summed E-state index contributed by atoms with van der Waals surface area (Å²) >= 11 is 0. The number of rotatable bonds is 3. The smallest absolute Gasteiger partial charge is 0.407 e. The molecule has 3 rings (SSSR count). The number of amides is 1. The van der Waals surface area contributed by atoms with Crippen LogP contribution in [0.3, 0.4) is 0 Å². The molecular formula is C14H14F2N4O2. The lowest BCUT2D eigenvalue weighted by Crippen LogP contribution is -2.38. The van der Waals surface area contributed by atoms with Crippen LogP contribution < -0.4 is 5.32 Å². The van der Waals surface area contributed by atoms with Crippen molar-refractivity contribution < 1.29 is 18.7 Å². The van der Waals surface area contributed by atoms with Crippen molar-refractivity contribution in [3.63, 3.8) is 0 Å². The molecule has 0 bridgehead atoms. The molecule has 1 aromatic heterocycles. The van der Waals surface area contributed by atoms with Crippen LogP contribution >= 0.6 is 0 Å². The molecule has 1 atom stereocenters. The number of hydrogen-bond donors (Lipinski definition) is 2. The second kappa shape index (κ2) is 5.70. The zero-order chi connectivity index (χ0) is 15.7. The quantitative estimate of drug-likeness (QED) is 0.910. The zero-order valence-electron chi connectivity index (χ0n) is 11.6. The number of aromatic nitrogens is 2. The maximum absolute atomic E-state index is 13.2. The van der Waals surface area contributed by atoms with Crippen LogP contribution in [0.2, 0.25) is 0 Å². The molecule has 0 aliphatic carbocycles. The summed E-state index contributed by atoms with van der Waals surface area (Å²) in [6.07, 6.45) is 2.08. The zero-order valence-corrected chi connectivity index (χ0v) is 11.6. The van der Waals surface area contributed by atoms with Crippen molar-refractivity contribution in [1.29, 1.82) is 0 Å². The molecule has 22 heavy (non-hydrogen) atoms. The standard InChI is InChI=1S/C14H14F2N4O2/c15-9-4-11-12(5-10(9)16)19-13(7-17-11)18-6-8-2-1-3-20(8)14(21)22/h4-5,7-8H,1-3,6H2,(H,18,19)(H,21,22). The van der Waals surface area contributed by atoms with Crippen molar-refractivity contribution in [3.8, 4) is 0 Å². The van der Waals surface area contributed by atoms with E-state index >= 15 is 0 Å². The number of halogens is 2. The monoisotopic (exact) mass is 308 g/mol. The minimum Gasteiger partial charge on any atom is -0.465 e. The van der Waals surface area contributed by atoms with E-state index in [4.69, 9.17) is 5.11 Å². The number of nitrogens with one attached hydrogen (secondary N) is 1. The maximum atomic E-state index is 13.2. The number of benzene rings is 1. The average molecular weight is 308 g/mol. The predicted molar refractivity (Wildman–Crippen MR) is 75.7 cm³/mol. The Kier molecular flexibility index (Phi) is 3.74. The van der Waals surface area contributed by atoms with Gasteiger partial charge in [-0.15, -0.1) is 0 Å².